The van der Waals surface area contributed by atoms with E-state index in [9.17, 15) is 13.2 Å². The van der Waals surface area contributed by atoms with Gasteiger partial charge in [0.25, 0.3) is 0 Å². The van der Waals surface area contributed by atoms with Crippen LogP contribution in [0.15, 0.2) is 48.5 Å². The molecular formula is C19H22ClNO4S. The van der Waals surface area contributed by atoms with Gasteiger partial charge in [0, 0.05) is 29.9 Å². The maximum atomic E-state index is 11.9. The number of anilines is 1. The first kappa shape index (κ1) is 20.3. The molecule has 0 aliphatic carbocycles. The maximum absolute atomic E-state index is 11.9. The number of carbonyl (C=O) groups is 1. The molecule has 2 rings (SSSR count). The molecule has 26 heavy (non-hydrogen) atoms. The summed E-state index contributed by atoms with van der Waals surface area (Å²) in [6.45, 7) is 0.675. The molecule has 0 radical (unpaired) electrons. The summed E-state index contributed by atoms with van der Waals surface area (Å²) in [7, 11) is -3.06. The number of rotatable bonds is 10. The molecule has 7 heteroatoms. The molecule has 1 N–H and O–H groups in total. The van der Waals surface area contributed by atoms with Crippen molar-refractivity contribution in [3.8, 4) is 5.75 Å². The van der Waals surface area contributed by atoms with Gasteiger partial charge in [0.05, 0.1) is 5.75 Å². The van der Waals surface area contributed by atoms with Crippen LogP contribution < -0.4 is 10.1 Å². The van der Waals surface area contributed by atoms with E-state index in [-0.39, 0.29) is 18.1 Å². The van der Waals surface area contributed by atoms with Gasteiger partial charge in [-0.1, -0.05) is 29.8 Å². The van der Waals surface area contributed by atoms with Crippen molar-refractivity contribution in [2.45, 2.75) is 18.6 Å². The van der Waals surface area contributed by atoms with Crippen molar-refractivity contribution < 1.29 is 17.9 Å². The molecule has 0 amide bonds. The molecule has 0 unspecified atom stereocenters. The summed E-state index contributed by atoms with van der Waals surface area (Å²) in [4.78, 5) is 11.9. The molecular weight excluding hydrogens is 374 g/mol. The van der Waals surface area contributed by atoms with E-state index in [0.29, 0.717) is 35.7 Å². The highest BCUT2D eigenvalue weighted by Gasteiger charge is 2.06. The van der Waals surface area contributed by atoms with Gasteiger partial charge in [-0.2, -0.15) is 0 Å². The number of hydrogen-bond acceptors (Lipinski definition) is 5. The highest BCUT2D eigenvalue weighted by atomic mass is 35.5. The van der Waals surface area contributed by atoms with Gasteiger partial charge in [0.2, 0.25) is 0 Å². The van der Waals surface area contributed by atoms with Crippen molar-refractivity contribution in [1.82, 2.24) is 0 Å². The van der Waals surface area contributed by atoms with E-state index in [0.717, 1.165) is 5.69 Å². The minimum absolute atomic E-state index is 0.00257. The van der Waals surface area contributed by atoms with E-state index in [4.69, 9.17) is 16.3 Å². The summed E-state index contributed by atoms with van der Waals surface area (Å²) < 4.78 is 27.9. The number of nitrogens with one attached hydrogen (secondary N) is 1. The molecule has 0 spiro atoms. The fraction of sp³-hybridized carbons (Fsp3) is 0.316. The zero-order valence-corrected chi connectivity index (χ0v) is 16.1. The normalized spacial score (nSPS) is 11.2. The van der Waals surface area contributed by atoms with Crippen LogP contribution in [0.3, 0.4) is 0 Å². The molecule has 0 heterocycles. The van der Waals surface area contributed by atoms with Crippen LogP contribution in [0.25, 0.3) is 0 Å². The highest BCUT2D eigenvalue weighted by Crippen LogP contribution is 2.15. The van der Waals surface area contributed by atoms with Crippen LogP contribution in [0.1, 0.15) is 18.4 Å². The van der Waals surface area contributed by atoms with Crippen molar-refractivity contribution >= 4 is 32.9 Å². The SMILES string of the molecule is CS(=O)(=O)Cc1ccc(OCC(=O)CCCNc2cccc(Cl)c2)cc1. The lowest BCUT2D eigenvalue weighted by molar-refractivity contribution is -0.121. The summed E-state index contributed by atoms with van der Waals surface area (Å²) >= 11 is 5.91. The first-order chi connectivity index (χ1) is 12.3. The number of carbonyl (C=O) groups excluding carboxylic acids is 1. The smallest absolute Gasteiger partial charge is 0.170 e. The Hall–Kier alpha value is -2.05. The Morgan fingerprint density at radius 3 is 2.54 bits per heavy atom. The van der Waals surface area contributed by atoms with Crippen LogP contribution in [-0.4, -0.2) is 33.6 Å². The van der Waals surface area contributed by atoms with Gasteiger partial charge < -0.3 is 10.1 Å². The van der Waals surface area contributed by atoms with Gasteiger partial charge in [0.15, 0.2) is 15.6 Å². The Morgan fingerprint density at radius 1 is 1.15 bits per heavy atom. The van der Waals surface area contributed by atoms with E-state index in [1.165, 1.54) is 6.26 Å². The first-order valence-corrected chi connectivity index (χ1v) is 10.7. The standard InChI is InChI=1S/C19H22ClNO4S/c1-26(23,24)14-15-7-9-19(10-8-15)25-13-18(22)6-3-11-21-17-5-2-4-16(20)12-17/h2,4-5,7-10,12,21H,3,6,11,13-14H2,1H3. The molecule has 0 bridgehead atoms. The molecule has 0 aliphatic rings. The van der Waals surface area contributed by atoms with Crippen molar-refractivity contribution in [2.24, 2.45) is 0 Å². The second-order valence-corrected chi connectivity index (χ2v) is 8.66. The second kappa shape index (κ2) is 9.59. The molecule has 0 atom stereocenters. The number of sulfone groups is 1. The average molecular weight is 396 g/mol. The first-order valence-electron chi connectivity index (χ1n) is 8.22. The number of hydrogen-bond donors (Lipinski definition) is 1. The molecule has 0 aliphatic heterocycles. The molecule has 0 saturated carbocycles. The fourth-order valence-electron chi connectivity index (χ4n) is 2.34. The maximum Gasteiger partial charge on any atom is 0.170 e. The van der Waals surface area contributed by atoms with Crippen LogP contribution in [0.2, 0.25) is 5.02 Å². The van der Waals surface area contributed by atoms with Crippen molar-refractivity contribution in [2.75, 3.05) is 24.7 Å². The molecule has 0 fully saturated rings. The largest absolute Gasteiger partial charge is 0.486 e. The molecule has 2 aromatic carbocycles. The summed E-state index contributed by atoms with van der Waals surface area (Å²) in [5.74, 6) is 0.553. The zero-order chi connectivity index (χ0) is 19.0. The monoisotopic (exact) mass is 395 g/mol. The molecule has 2 aromatic rings. The summed E-state index contributed by atoms with van der Waals surface area (Å²) in [6, 6.07) is 14.2. The lowest BCUT2D eigenvalue weighted by Crippen LogP contribution is -2.13. The topological polar surface area (TPSA) is 72.5 Å². The van der Waals surface area contributed by atoms with Gasteiger partial charge in [-0.3, -0.25) is 4.79 Å². The van der Waals surface area contributed by atoms with Crippen LogP contribution >= 0.6 is 11.6 Å². The number of benzene rings is 2. The summed E-state index contributed by atoms with van der Waals surface area (Å²) in [5, 5.41) is 3.88. The van der Waals surface area contributed by atoms with Crippen LogP contribution in [-0.2, 0) is 20.4 Å². The van der Waals surface area contributed by atoms with Crippen molar-refractivity contribution in [3.63, 3.8) is 0 Å². The number of ether oxygens (including phenoxy) is 1. The average Bonchev–Trinajstić information content (AvgIpc) is 2.57. The van der Waals surface area contributed by atoms with E-state index < -0.39 is 9.84 Å². The number of halogens is 1. The predicted molar refractivity (Wildman–Crippen MR) is 105 cm³/mol. The molecule has 140 valence electrons. The Balaban J connectivity index is 1.67. The number of ketones is 1. The second-order valence-electron chi connectivity index (χ2n) is 6.08. The Kier molecular flexibility index (Phi) is 7.48. The van der Waals surface area contributed by atoms with Gasteiger partial charge in [-0.05, 0) is 42.3 Å². The Bertz CT molecular complexity index is 835. The third kappa shape index (κ3) is 7.89. The van der Waals surface area contributed by atoms with E-state index in [2.05, 4.69) is 5.32 Å². The minimum atomic E-state index is -3.06. The third-order valence-electron chi connectivity index (χ3n) is 3.54. The predicted octanol–water partition coefficient (Wildman–Crippen LogP) is 3.72. The van der Waals surface area contributed by atoms with Crippen LogP contribution in [0, 0.1) is 0 Å². The van der Waals surface area contributed by atoms with Gasteiger partial charge in [-0.15, -0.1) is 0 Å². The van der Waals surface area contributed by atoms with Gasteiger partial charge >= 0.3 is 0 Å². The highest BCUT2D eigenvalue weighted by molar-refractivity contribution is 7.89. The lowest BCUT2D eigenvalue weighted by atomic mass is 10.2. The quantitative estimate of drug-likeness (QED) is 0.620. The van der Waals surface area contributed by atoms with Crippen LogP contribution in [0.5, 0.6) is 5.75 Å². The lowest BCUT2D eigenvalue weighted by Gasteiger charge is -2.08. The minimum Gasteiger partial charge on any atom is -0.486 e. The van der Waals surface area contributed by atoms with Gasteiger partial charge in [-0.25, -0.2) is 8.42 Å². The third-order valence-corrected chi connectivity index (χ3v) is 4.63. The molecule has 0 saturated heterocycles. The van der Waals surface area contributed by atoms with Gasteiger partial charge in [0.1, 0.15) is 12.4 Å². The fourth-order valence-corrected chi connectivity index (χ4v) is 3.33. The zero-order valence-electron chi connectivity index (χ0n) is 14.6. The Labute approximate surface area is 159 Å². The molecule has 5 nitrogen and oxygen atoms in total. The Morgan fingerprint density at radius 2 is 1.88 bits per heavy atom. The van der Waals surface area contributed by atoms with Crippen LogP contribution in [0.4, 0.5) is 5.69 Å². The van der Waals surface area contributed by atoms with Crippen molar-refractivity contribution in [1.29, 1.82) is 0 Å². The summed E-state index contributed by atoms with van der Waals surface area (Å²) in [5.41, 5.74) is 1.62. The van der Waals surface area contributed by atoms with E-state index >= 15 is 0 Å². The summed E-state index contributed by atoms with van der Waals surface area (Å²) in [6.07, 6.45) is 2.30. The van der Waals surface area contributed by atoms with Crippen molar-refractivity contribution in [3.05, 3.63) is 59.1 Å². The number of Topliss-reactive ketones (excluding diaryl/α,β-unsaturated/α-hetero) is 1. The molecule has 0 aromatic heterocycles. The van der Waals surface area contributed by atoms with E-state index in [1.807, 2.05) is 18.2 Å². The van der Waals surface area contributed by atoms with E-state index in [1.54, 1.807) is 30.3 Å².